The third-order valence-corrected chi connectivity index (χ3v) is 9.53. The summed E-state index contributed by atoms with van der Waals surface area (Å²) in [5.74, 6) is -1.61. The second-order valence-corrected chi connectivity index (χ2v) is 13.4. The van der Waals surface area contributed by atoms with Crippen LogP contribution in [0.1, 0.15) is 32.8 Å². The van der Waals surface area contributed by atoms with Crippen molar-refractivity contribution in [2.75, 3.05) is 6.54 Å². The number of aliphatic carboxylic acids is 1. The van der Waals surface area contributed by atoms with Crippen LogP contribution in [0.3, 0.4) is 0 Å². The quantitative estimate of drug-likeness (QED) is 0.248. The summed E-state index contributed by atoms with van der Waals surface area (Å²) in [6.45, 7) is 8.72. The van der Waals surface area contributed by atoms with Crippen molar-refractivity contribution in [3.8, 4) is 10.4 Å². The van der Waals surface area contributed by atoms with Gasteiger partial charge in [0.2, 0.25) is 0 Å². The first kappa shape index (κ1) is 30.5. The third-order valence-electron chi connectivity index (χ3n) is 6.16. The van der Waals surface area contributed by atoms with Crippen molar-refractivity contribution in [1.29, 1.82) is 0 Å². The third kappa shape index (κ3) is 6.77. The number of nitrogens with one attached hydrogen (secondary N) is 1. The van der Waals surface area contributed by atoms with E-state index >= 15 is 0 Å². The number of carbonyl (C=O) groups is 2. The molecule has 1 aliphatic rings. The molecule has 2 unspecified atom stereocenters. The van der Waals surface area contributed by atoms with Gasteiger partial charge in [0.25, 0.3) is 10.0 Å². The lowest BCUT2D eigenvalue weighted by Crippen LogP contribution is -2.50. The molecule has 1 heterocycles. The second-order valence-electron chi connectivity index (χ2n) is 10.0. The van der Waals surface area contributed by atoms with Crippen LogP contribution in [0, 0.1) is 0 Å². The van der Waals surface area contributed by atoms with Gasteiger partial charge in [-0.15, -0.1) is 11.3 Å². The van der Waals surface area contributed by atoms with Gasteiger partial charge in [0.15, 0.2) is 0 Å². The van der Waals surface area contributed by atoms with Crippen LogP contribution in [-0.4, -0.2) is 43.1 Å². The van der Waals surface area contributed by atoms with Crippen LogP contribution in [-0.2, 0) is 29.8 Å². The van der Waals surface area contributed by atoms with Crippen molar-refractivity contribution in [1.82, 2.24) is 4.72 Å². The second kappa shape index (κ2) is 11.6. The predicted octanol–water partition coefficient (Wildman–Crippen LogP) is 4.98. The molecule has 208 valence electrons. The predicted molar refractivity (Wildman–Crippen MR) is 153 cm³/mol. The number of hydrogen-bond acceptors (Lipinski definition) is 7. The monoisotopic (exact) mass is 590 g/mol. The highest BCUT2D eigenvalue weighted by Crippen LogP contribution is 2.58. The number of benzene rings is 2. The molecular formula is C28H31ClN2O6S2. The molecule has 0 aliphatic heterocycles. The van der Waals surface area contributed by atoms with Crippen LogP contribution >= 0.6 is 22.9 Å². The van der Waals surface area contributed by atoms with Crippen molar-refractivity contribution in [3.05, 3.63) is 90.0 Å². The Hall–Kier alpha value is -3.02. The molecule has 1 aliphatic carbocycles. The lowest BCUT2D eigenvalue weighted by molar-refractivity contribution is -0.148. The minimum atomic E-state index is -4.08. The number of nitrogens with two attached hydrogens (primary N) is 1. The molecule has 1 saturated carbocycles. The summed E-state index contributed by atoms with van der Waals surface area (Å²) in [4.78, 5) is 23.4. The first-order chi connectivity index (χ1) is 18.2. The molecule has 2 aromatic carbocycles. The van der Waals surface area contributed by atoms with Crippen molar-refractivity contribution >= 4 is 44.9 Å². The Morgan fingerprint density at radius 1 is 1.13 bits per heavy atom. The van der Waals surface area contributed by atoms with Gasteiger partial charge in [-0.3, -0.25) is 4.79 Å². The van der Waals surface area contributed by atoms with E-state index in [-0.39, 0.29) is 23.1 Å². The average molecular weight is 591 g/mol. The lowest BCUT2D eigenvalue weighted by atomic mass is 9.91. The maximum Gasteiger partial charge on any atom is 0.330 e. The molecule has 4 N–H and O–H groups in total. The molecule has 8 nitrogen and oxygen atoms in total. The topological polar surface area (TPSA) is 136 Å². The fourth-order valence-electron chi connectivity index (χ4n) is 4.19. The number of ether oxygens (including phenoxy) is 1. The van der Waals surface area contributed by atoms with Crippen LogP contribution in [0.25, 0.3) is 10.4 Å². The zero-order valence-corrected chi connectivity index (χ0v) is 24.2. The molecule has 39 heavy (non-hydrogen) atoms. The van der Waals surface area contributed by atoms with E-state index in [1.165, 1.54) is 6.07 Å². The van der Waals surface area contributed by atoms with E-state index in [9.17, 15) is 23.1 Å². The molecule has 3 aromatic rings. The summed E-state index contributed by atoms with van der Waals surface area (Å²) < 4.78 is 33.5. The summed E-state index contributed by atoms with van der Waals surface area (Å²) in [6, 6.07) is 19.1. The van der Waals surface area contributed by atoms with Gasteiger partial charge in [-0.2, -0.15) is 4.72 Å². The Balaban J connectivity index is 0.000000403. The largest absolute Gasteiger partial charge is 0.480 e. The van der Waals surface area contributed by atoms with Gasteiger partial charge in [0, 0.05) is 27.9 Å². The number of esters is 1. The summed E-state index contributed by atoms with van der Waals surface area (Å²) in [5, 5.41) is 10.5. The first-order valence-electron chi connectivity index (χ1n) is 11.9. The van der Waals surface area contributed by atoms with Crippen LogP contribution in [0.4, 0.5) is 0 Å². The first-order valence-corrected chi connectivity index (χ1v) is 14.6. The fraction of sp³-hybridized carbons (Fsp3) is 0.286. The Bertz CT molecular complexity index is 1450. The van der Waals surface area contributed by atoms with Crippen molar-refractivity contribution in [3.63, 3.8) is 0 Å². The minimum Gasteiger partial charge on any atom is -0.480 e. The van der Waals surface area contributed by atoms with E-state index < -0.39 is 32.5 Å². The number of carboxylic acids is 1. The molecular weight excluding hydrogens is 560 g/mol. The Labute approximate surface area is 237 Å². The molecule has 1 aromatic heterocycles. The van der Waals surface area contributed by atoms with Crippen LogP contribution in [0.15, 0.2) is 83.6 Å². The number of carbonyl (C=O) groups excluding carboxylic acids is 1. The minimum absolute atomic E-state index is 0.00625. The van der Waals surface area contributed by atoms with Crippen LogP contribution in [0.5, 0.6) is 0 Å². The number of rotatable bonds is 8. The molecule has 11 heteroatoms. The van der Waals surface area contributed by atoms with E-state index in [0.717, 1.165) is 27.9 Å². The number of thiophene rings is 1. The fourth-order valence-corrected chi connectivity index (χ4v) is 7.06. The smallest absolute Gasteiger partial charge is 0.330 e. The van der Waals surface area contributed by atoms with Gasteiger partial charge in [0.05, 0.1) is 0 Å². The number of sulfonamides is 1. The Kier molecular flexibility index (Phi) is 9.09. The van der Waals surface area contributed by atoms with Crippen LogP contribution < -0.4 is 10.5 Å². The van der Waals surface area contributed by atoms with Gasteiger partial charge in [-0.05, 0) is 62.6 Å². The molecule has 0 spiro atoms. The summed E-state index contributed by atoms with van der Waals surface area (Å²) in [6.07, 6.45) is 1.25. The van der Waals surface area contributed by atoms with Crippen molar-refractivity contribution in [2.24, 2.45) is 5.73 Å². The van der Waals surface area contributed by atoms with Gasteiger partial charge in [0.1, 0.15) is 15.3 Å². The van der Waals surface area contributed by atoms with E-state index in [4.69, 9.17) is 22.1 Å². The zero-order chi connectivity index (χ0) is 29.1. The highest BCUT2D eigenvalue weighted by Gasteiger charge is 2.74. The standard InChI is InChI=1S/C21H19ClN2O4S2.C7H12O2/c22-16-8-6-14(7-9-16)17-10-11-18(29-17)30(27,28)24-21(19(25)26)12-20(21,13-23)15-4-2-1-3-5-15;1-5-6(8)9-7(2,3)4/h1-11,24H,12-13,23H2,(H,25,26);5H,1H2,2-4H3. The zero-order valence-electron chi connectivity index (χ0n) is 21.8. The normalized spacial score (nSPS) is 20.3. The highest BCUT2D eigenvalue weighted by atomic mass is 35.5. The molecule has 0 saturated heterocycles. The molecule has 0 radical (unpaired) electrons. The van der Waals surface area contributed by atoms with E-state index in [1.54, 1.807) is 54.6 Å². The molecule has 4 rings (SSSR count). The molecule has 1 fully saturated rings. The van der Waals surface area contributed by atoms with Gasteiger partial charge < -0.3 is 15.6 Å². The number of carboxylic acid groups (broad SMARTS) is 1. The SMILES string of the molecule is C=CC(=O)OC(C)(C)C.NCC1(c2ccccc2)CC1(NS(=O)(=O)c1ccc(-c2ccc(Cl)cc2)s1)C(=O)O. The average Bonchev–Trinajstić information content (AvgIpc) is 3.26. The van der Waals surface area contributed by atoms with Gasteiger partial charge >= 0.3 is 11.9 Å². The Morgan fingerprint density at radius 3 is 2.23 bits per heavy atom. The maximum absolute atomic E-state index is 13.1. The van der Waals surface area contributed by atoms with Gasteiger partial charge in [-0.25, -0.2) is 13.2 Å². The van der Waals surface area contributed by atoms with Crippen LogP contribution in [0.2, 0.25) is 5.02 Å². The van der Waals surface area contributed by atoms with Gasteiger partial charge in [-0.1, -0.05) is 60.6 Å². The van der Waals surface area contributed by atoms with Crippen molar-refractivity contribution in [2.45, 2.75) is 48.0 Å². The van der Waals surface area contributed by atoms with Crippen molar-refractivity contribution < 1.29 is 27.9 Å². The summed E-state index contributed by atoms with van der Waals surface area (Å²) >= 11 is 6.97. The highest BCUT2D eigenvalue weighted by molar-refractivity contribution is 7.91. The number of halogens is 1. The lowest BCUT2D eigenvalue weighted by Gasteiger charge is -2.23. The van der Waals surface area contributed by atoms with E-state index in [0.29, 0.717) is 10.6 Å². The summed E-state index contributed by atoms with van der Waals surface area (Å²) in [5.41, 5.74) is 4.40. The van der Waals surface area contributed by atoms with E-state index in [2.05, 4.69) is 11.3 Å². The molecule has 0 amide bonds. The maximum atomic E-state index is 13.1. The Morgan fingerprint density at radius 2 is 1.74 bits per heavy atom. The molecule has 0 bridgehead atoms. The summed E-state index contributed by atoms with van der Waals surface area (Å²) in [7, 11) is -4.08. The van der Waals surface area contributed by atoms with E-state index in [1.807, 2.05) is 26.8 Å². The number of hydrogen-bond donors (Lipinski definition) is 3. The molecule has 2 atom stereocenters.